The summed E-state index contributed by atoms with van der Waals surface area (Å²) in [6.07, 6.45) is 2.22. The number of hydrogen-bond acceptors (Lipinski definition) is 6. The fourth-order valence-corrected chi connectivity index (χ4v) is 4.02. The van der Waals surface area contributed by atoms with E-state index in [1.165, 1.54) is 16.7 Å². The second-order valence-electron chi connectivity index (χ2n) is 5.39. The van der Waals surface area contributed by atoms with Crippen LogP contribution in [0.25, 0.3) is 6.08 Å². The van der Waals surface area contributed by atoms with Crippen LogP contribution in [-0.2, 0) is 9.53 Å². The Morgan fingerprint density at radius 2 is 2.00 bits per heavy atom. The van der Waals surface area contributed by atoms with Crippen molar-refractivity contribution >= 4 is 52.3 Å². The second-order valence-corrected chi connectivity index (χ2v) is 7.90. The summed E-state index contributed by atoms with van der Waals surface area (Å²) in [6, 6.07) is 11.0. The molecule has 1 aromatic carbocycles. The SMILES string of the molecule is COCCCN1C(=O)S/C(=C/c2ccc(Sc3ccc(Cl)cc3)o2)C1=O. The fourth-order valence-electron chi connectivity index (χ4n) is 2.27. The summed E-state index contributed by atoms with van der Waals surface area (Å²) in [4.78, 5) is 27.0. The van der Waals surface area contributed by atoms with E-state index in [4.69, 9.17) is 20.8 Å². The average Bonchev–Trinajstić information content (AvgIpc) is 3.16. The Morgan fingerprint density at radius 1 is 1.23 bits per heavy atom. The number of nitrogens with zero attached hydrogens (tertiary/aromatic N) is 1. The minimum atomic E-state index is -0.292. The van der Waals surface area contributed by atoms with Crippen molar-refractivity contribution in [3.63, 3.8) is 0 Å². The molecule has 2 amide bonds. The smallest absolute Gasteiger partial charge is 0.293 e. The highest BCUT2D eigenvalue weighted by molar-refractivity contribution is 8.18. The molecular weight excluding hydrogens is 394 g/mol. The number of rotatable bonds is 7. The lowest BCUT2D eigenvalue weighted by Crippen LogP contribution is -2.29. The first-order valence-electron chi connectivity index (χ1n) is 7.84. The van der Waals surface area contributed by atoms with Crippen molar-refractivity contribution in [3.8, 4) is 0 Å². The lowest BCUT2D eigenvalue weighted by atomic mass is 10.3. The molecule has 0 radical (unpaired) electrons. The third-order valence-corrected chi connectivity index (χ3v) is 5.60. The van der Waals surface area contributed by atoms with Gasteiger partial charge in [-0.15, -0.1) is 0 Å². The van der Waals surface area contributed by atoms with Crippen LogP contribution >= 0.6 is 35.1 Å². The Kier molecular flexibility index (Phi) is 6.48. The van der Waals surface area contributed by atoms with Crippen molar-refractivity contribution in [2.24, 2.45) is 0 Å². The number of thioether (sulfide) groups is 1. The molecule has 8 heteroatoms. The number of halogens is 1. The van der Waals surface area contributed by atoms with Crippen molar-refractivity contribution < 1.29 is 18.7 Å². The van der Waals surface area contributed by atoms with E-state index in [1.807, 2.05) is 30.3 Å². The van der Waals surface area contributed by atoms with Gasteiger partial charge in [-0.1, -0.05) is 23.4 Å². The van der Waals surface area contributed by atoms with E-state index in [-0.39, 0.29) is 11.1 Å². The highest BCUT2D eigenvalue weighted by atomic mass is 35.5. The molecule has 1 fully saturated rings. The topological polar surface area (TPSA) is 59.8 Å². The van der Waals surface area contributed by atoms with E-state index in [1.54, 1.807) is 19.3 Å². The van der Waals surface area contributed by atoms with Gasteiger partial charge >= 0.3 is 0 Å². The molecule has 2 aromatic rings. The number of ether oxygens (including phenoxy) is 1. The van der Waals surface area contributed by atoms with Crippen LogP contribution in [0.2, 0.25) is 5.02 Å². The van der Waals surface area contributed by atoms with Gasteiger partial charge in [-0.05, 0) is 54.6 Å². The van der Waals surface area contributed by atoms with Gasteiger partial charge in [-0.2, -0.15) is 0 Å². The lowest BCUT2D eigenvalue weighted by molar-refractivity contribution is -0.122. The zero-order valence-corrected chi connectivity index (χ0v) is 16.3. The van der Waals surface area contributed by atoms with Crippen LogP contribution in [0.5, 0.6) is 0 Å². The molecule has 1 aliphatic heterocycles. The molecule has 0 unspecified atom stereocenters. The van der Waals surface area contributed by atoms with Crippen molar-refractivity contribution in [2.45, 2.75) is 16.4 Å². The van der Waals surface area contributed by atoms with E-state index in [2.05, 4.69) is 0 Å². The van der Waals surface area contributed by atoms with Crippen molar-refractivity contribution in [3.05, 3.63) is 52.1 Å². The predicted molar refractivity (Wildman–Crippen MR) is 103 cm³/mol. The highest BCUT2D eigenvalue weighted by Crippen LogP contribution is 2.34. The molecule has 2 heterocycles. The Morgan fingerprint density at radius 3 is 2.73 bits per heavy atom. The first-order chi connectivity index (χ1) is 12.6. The third-order valence-electron chi connectivity index (χ3n) is 3.51. The van der Waals surface area contributed by atoms with Crippen molar-refractivity contribution in [1.29, 1.82) is 0 Å². The van der Waals surface area contributed by atoms with Gasteiger partial charge in [0.15, 0.2) is 5.09 Å². The Balaban J connectivity index is 1.66. The number of imide groups is 1. The summed E-state index contributed by atoms with van der Waals surface area (Å²) in [5.41, 5.74) is 0. The zero-order chi connectivity index (χ0) is 18.5. The van der Waals surface area contributed by atoms with Gasteiger partial charge < -0.3 is 9.15 Å². The van der Waals surface area contributed by atoms with E-state index in [0.717, 1.165) is 16.7 Å². The summed E-state index contributed by atoms with van der Waals surface area (Å²) >= 11 is 8.26. The molecule has 0 spiro atoms. The van der Waals surface area contributed by atoms with E-state index < -0.39 is 0 Å². The molecule has 0 atom stereocenters. The monoisotopic (exact) mass is 409 g/mol. The number of hydrogen-bond donors (Lipinski definition) is 0. The molecule has 136 valence electrons. The van der Waals surface area contributed by atoms with E-state index in [0.29, 0.717) is 40.4 Å². The molecule has 0 aliphatic carbocycles. The maximum absolute atomic E-state index is 12.4. The molecule has 3 rings (SSSR count). The molecule has 1 aromatic heterocycles. The first kappa shape index (κ1) is 19.1. The normalized spacial score (nSPS) is 16.1. The minimum Gasteiger partial charge on any atom is -0.450 e. The van der Waals surface area contributed by atoms with Crippen LogP contribution in [0.1, 0.15) is 12.2 Å². The van der Waals surface area contributed by atoms with Crippen LogP contribution in [0.15, 0.2) is 55.7 Å². The maximum atomic E-state index is 12.4. The molecule has 0 bridgehead atoms. The number of furan rings is 1. The van der Waals surface area contributed by atoms with Gasteiger partial charge in [0.25, 0.3) is 11.1 Å². The van der Waals surface area contributed by atoms with Crippen molar-refractivity contribution in [2.75, 3.05) is 20.3 Å². The van der Waals surface area contributed by atoms with E-state index in [9.17, 15) is 9.59 Å². The van der Waals surface area contributed by atoms with Gasteiger partial charge in [0.1, 0.15) is 5.76 Å². The predicted octanol–water partition coefficient (Wildman–Crippen LogP) is 5.16. The second kappa shape index (κ2) is 8.81. The molecule has 1 aliphatic rings. The Hall–Kier alpha value is -1.67. The Bertz CT molecular complexity index is 832. The zero-order valence-electron chi connectivity index (χ0n) is 13.9. The standard InChI is InChI=1S/C18H16ClNO4S2/c1-23-10-2-9-20-17(21)15(26-18(20)22)11-13-5-8-16(24-13)25-14-6-3-12(19)4-7-14/h3-8,11H,2,9-10H2,1H3/b15-11+. The summed E-state index contributed by atoms with van der Waals surface area (Å²) in [6.45, 7) is 0.857. The lowest BCUT2D eigenvalue weighted by Gasteiger charge is -2.11. The number of carbonyl (C=O) groups is 2. The van der Waals surface area contributed by atoms with Crippen LogP contribution in [0.3, 0.4) is 0 Å². The van der Waals surface area contributed by atoms with Crippen LogP contribution in [-0.4, -0.2) is 36.3 Å². The van der Waals surface area contributed by atoms with Crippen molar-refractivity contribution in [1.82, 2.24) is 4.90 Å². The molecular formula is C18H16ClNO4S2. The first-order valence-corrected chi connectivity index (χ1v) is 9.85. The van der Waals surface area contributed by atoms with Gasteiger partial charge in [-0.3, -0.25) is 14.5 Å². The van der Waals surface area contributed by atoms with E-state index >= 15 is 0 Å². The summed E-state index contributed by atoms with van der Waals surface area (Å²) in [5, 5.41) is 1.10. The largest absolute Gasteiger partial charge is 0.450 e. The van der Waals surface area contributed by atoms with Crippen LogP contribution < -0.4 is 0 Å². The molecule has 0 saturated carbocycles. The number of amides is 2. The Labute approximate surface area is 164 Å². The number of carbonyl (C=O) groups excluding carboxylic acids is 2. The maximum Gasteiger partial charge on any atom is 0.293 e. The molecule has 26 heavy (non-hydrogen) atoms. The highest BCUT2D eigenvalue weighted by Gasteiger charge is 2.34. The molecule has 1 saturated heterocycles. The molecule has 5 nitrogen and oxygen atoms in total. The fraction of sp³-hybridized carbons (Fsp3) is 0.222. The van der Waals surface area contributed by atoms with Gasteiger partial charge in [0, 0.05) is 36.3 Å². The number of benzene rings is 1. The van der Waals surface area contributed by atoms with Crippen LogP contribution in [0.4, 0.5) is 4.79 Å². The van der Waals surface area contributed by atoms with Gasteiger partial charge in [0.05, 0.1) is 4.91 Å². The molecule has 0 N–H and O–H groups in total. The number of methoxy groups -OCH3 is 1. The van der Waals surface area contributed by atoms with Gasteiger partial charge in [-0.25, -0.2) is 0 Å². The summed E-state index contributed by atoms with van der Waals surface area (Å²) in [5.74, 6) is 0.239. The quantitative estimate of drug-likeness (QED) is 0.465. The third kappa shape index (κ3) is 4.73. The minimum absolute atomic E-state index is 0.264. The average molecular weight is 410 g/mol. The summed E-state index contributed by atoms with van der Waals surface area (Å²) < 4.78 is 10.7. The van der Waals surface area contributed by atoms with Crippen LogP contribution in [0, 0.1) is 0 Å². The van der Waals surface area contributed by atoms with Gasteiger partial charge in [0.2, 0.25) is 0 Å². The summed E-state index contributed by atoms with van der Waals surface area (Å²) in [7, 11) is 1.59.